The number of urea groups is 1. The second-order valence-electron chi connectivity index (χ2n) is 17.6. The van der Waals surface area contributed by atoms with E-state index in [2.05, 4.69) is 34.8 Å². The Bertz CT molecular complexity index is 1340. The van der Waals surface area contributed by atoms with Crippen LogP contribution in [-0.4, -0.2) is 100 Å². The Morgan fingerprint density at radius 1 is 1.00 bits per heavy atom. The molecule has 4 aliphatic carbocycles. The highest BCUT2D eigenvalue weighted by molar-refractivity contribution is 7.88. The van der Waals surface area contributed by atoms with Crippen LogP contribution in [0.4, 0.5) is 4.79 Å². The predicted molar refractivity (Wildman–Crippen MR) is 197 cm³/mol. The van der Waals surface area contributed by atoms with Crippen LogP contribution >= 0.6 is 0 Å². The minimum absolute atomic E-state index is 0.0490. The molecule has 2 unspecified atom stereocenters. The molecule has 4 saturated carbocycles. The molecule has 4 N–H and O–H groups in total. The number of carbonyl (C=O) groups is 5. The first-order chi connectivity index (χ1) is 24.0. The van der Waals surface area contributed by atoms with Crippen LogP contribution in [0.3, 0.4) is 0 Å². The molecule has 0 bridgehead atoms. The zero-order valence-electron chi connectivity index (χ0n) is 31.7. The van der Waals surface area contributed by atoms with Crippen molar-refractivity contribution in [3.05, 3.63) is 12.7 Å². The largest absolute Gasteiger partial charge is 0.598 e. The summed E-state index contributed by atoms with van der Waals surface area (Å²) >= 11 is -1.22. The van der Waals surface area contributed by atoms with E-state index in [4.69, 9.17) is 0 Å². The average Bonchev–Trinajstić information content (AvgIpc) is 3.99. The molecule has 5 rings (SSSR count). The molecule has 51 heavy (non-hydrogen) atoms. The van der Waals surface area contributed by atoms with Crippen molar-refractivity contribution in [2.24, 2.45) is 34.0 Å². The van der Waals surface area contributed by atoms with Gasteiger partial charge in [0, 0.05) is 31.5 Å². The molecule has 1 spiro atoms. The summed E-state index contributed by atoms with van der Waals surface area (Å²) in [5.74, 6) is -1.67. The number of rotatable bonds is 15. The van der Waals surface area contributed by atoms with Crippen LogP contribution in [0, 0.1) is 34.0 Å². The lowest BCUT2D eigenvalue weighted by Crippen LogP contribution is -2.63. The number of Topliss-reactive ketones (excluding diaryl/α,β-unsaturated/α-hetero) is 1. The summed E-state index contributed by atoms with van der Waals surface area (Å²) in [7, 11) is 1.75. The third kappa shape index (κ3) is 9.12. The fraction of sp³-hybridized carbons (Fsp3) is 0.816. The molecule has 5 aliphatic rings. The van der Waals surface area contributed by atoms with Crippen molar-refractivity contribution >= 4 is 40.9 Å². The Balaban J connectivity index is 1.41. The predicted octanol–water partition coefficient (Wildman–Crippen LogP) is 3.44. The van der Waals surface area contributed by atoms with Crippen molar-refractivity contribution in [1.82, 2.24) is 30.5 Å². The molecule has 0 radical (unpaired) electrons. The third-order valence-corrected chi connectivity index (χ3v) is 13.9. The van der Waals surface area contributed by atoms with Gasteiger partial charge in [-0.3, -0.25) is 19.2 Å². The van der Waals surface area contributed by atoms with Crippen LogP contribution in [0.2, 0.25) is 0 Å². The second kappa shape index (κ2) is 15.8. The molecule has 0 aromatic rings. The number of likely N-dealkylation sites (N-methyl/N-ethyl adjacent to an activating group) is 1. The number of fused-ring (bicyclic) bond motifs is 2. The monoisotopic (exact) mass is 730 g/mol. The van der Waals surface area contributed by atoms with Crippen molar-refractivity contribution in [3.8, 4) is 0 Å². The smallest absolute Gasteiger partial charge is 0.315 e. The molecule has 12 nitrogen and oxygen atoms in total. The molecular formula is C38H62N6O6S. The number of hydrogen-bond acceptors (Lipinski definition) is 7. The fourth-order valence-electron chi connectivity index (χ4n) is 9.07. The summed E-state index contributed by atoms with van der Waals surface area (Å²) in [4.78, 5) is 71.2. The zero-order chi connectivity index (χ0) is 37.3. The first-order valence-corrected chi connectivity index (χ1v) is 20.7. The van der Waals surface area contributed by atoms with Gasteiger partial charge in [-0.2, -0.15) is 0 Å². The molecule has 5 amide bonds. The minimum atomic E-state index is -1.22. The van der Waals surface area contributed by atoms with Gasteiger partial charge in [0.15, 0.2) is 0 Å². The number of nitrogens with zero attached hydrogens (tertiary/aromatic N) is 2. The lowest BCUT2D eigenvalue weighted by molar-refractivity contribution is -0.145. The third-order valence-electron chi connectivity index (χ3n) is 12.8. The van der Waals surface area contributed by atoms with E-state index in [1.54, 1.807) is 22.5 Å². The van der Waals surface area contributed by atoms with E-state index in [0.29, 0.717) is 19.5 Å². The van der Waals surface area contributed by atoms with Crippen molar-refractivity contribution in [2.45, 2.75) is 129 Å². The van der Waals surface area contributed by atoms with Gasteiger partial charge in [-0.1, -0.05) is 65.9 Å². The van der Waals surface area contributed by atoms with Gasteiger partial charge in [-0.05, 0) is 78.9 Å². The summed E-state index contributed by atoms with van der Waals surface area (Å²) in [5.41, 5.74) is -0.730. The normalized spacial score (nSPS) is 27.1. The van der Waals surface area contributed by atoms with Gasteiger partial charge in [0.1, 0.15) is 18.3 Å². The zero-order valence-corrected chi connectivity index (χ0v) is 32.5. The summed E-state index contributed by atoms with van der Waals surface area (Å²) in [6, 6.07) is -3.44. The molecule has 1 heterocycles. The lowest BCUT2D eigenvalue weighted by atomic mass is 9.70. The SMILES string of the molecule is C=CCNC(=O)C(=O)C(CC1CC1)NC(=O)[C@@H]1[C@H]2CCC3(CC3)[C@H]2CN1C(=O)[C@@H](NC(=O)N[C@H](CN(C)[S+](C)[O-])C(C)(C)C)C1(C)CCCCC1. The Hall–Kier alpha value is -2.64. The van der Waals surface area contributed by atoms with Crippen LogP contribution in [0.15, 0.2) is 12.7 Å². The van der Waals surface area contributed by atoms with Gasteiger partial charge < -0.3 is 30.7 Å². The van der Waals surface area contributed by atoms with E-state index in [9.17, 15) is 23.7 Å². The second-order valence-corrected chi connectivity index (χ2v) is 19.1. The summed E-state index contributed by atoms with van der Waals surface area (Å²) in [6.45, 7) is 12.7. The van der Waals surface area contributed by atoms with Gasteiger partial charge in [0.05, 0.1) is 18.6 Å². The van der Waals surface area contributed by atoms with E-state index in [-0.39, 0.29) is 53.0 Å². The Labute approximate surface area is 307 Å². The van der Waals surface area contributed by atoms with E-state index in [1.165, 1.54) is 6.08 Å². The molecule has 5 fully saturated rings. The highest BCUT2D eigenvalue weighted by Gasteiger charge is 2.64. The Kier molecular flexibility index (Phi) is 12.2. The van der Waals surface area contributed by atoms with Crippen LogP contribution < -0.4 is 21.3 Å². The maximum absolute atomic E-state index is 15.1. The summed E-state index contributed by atoms with van der Waals surface area (Å²) in [5, 5.41) is 11.7. The quantitative estimate of drug-likeness (QED) is 0.114. The standard InChI is InChI=1S/C38H62N6O6S/c1-8-20-39-33(47)30(45)27(21-24-12-13-24)40-32(46)29-25-14-17-38(18-19-38)26(25)22-44(29)34(48)31(37(5)15-10-9-11-16-37)42-35(49)41-28(36(2,3)4)23-43(6)51(7)50/h8,24-29,31H,1,9-23H2,2-7H3,(H,39,47)(H,40,46)(H2,41,42,49)/t25-,26-,27?,28+,29-,31+,51?/m0/s1. The van der Waals surface area contributed by atoms with E-state index < -0.39 is 52.6 Å². The first kappa shape index (κ1) is 39.6. The molecule has 0 aromatic heterocycles. The Morgan fingerprint density at radius 3 is 2.24 bits per heavy atom. The molecule has 286 valence electrons. The molecule has 1 saturated heterocycles. The number of carbonyl (C=O) groups excluding carboxylic acids is 5. The van der Waals surface area contributed by atoms with Crippen molar-refractivity contribution in [1.29, 1.82) is 0 Å². The van der Waals surface area contributed by atoms with Crippen molar-refractivity contribution in [3.63, 3.8) is 0 Å². The first-order valence-electron chi connectivity index (χ1n) is 19.1. The van der Waals surface area contributed by atoms with Crippen LogP contribution in [0.1, 0.15) is 105 Å². The Morgan fingerprint density at radius 2 is 1.67 bits per heavy atom. The van der Waals surface area contributed by atoms with E-state index in [1.807, 2.05) is 20.8 Å². The van der Waals surface area contributed by atoms with E-state index >= 15 is 4.79 Å². The van der Waals surface area contributed by atoms with Crippen molar-refractivity contribution < 1.29 is 28.5 Å². The molecule has 13 heteroatoms. The number of amides is 5. The molecule has 7 atom stereocenters. The maximum atomic E-state index is 15.1. The average molecular weight is 731 g/mol. The highest BCUT2D eigenvalue weighted by atomic mass is 32.2. The van der Waals surface area contributed by atoms with Gasteiger partial charge in [-0.15, -0.1) is 10.9 Å². The van der Waals surface area contributed by atoms with Gasteiger partial charge in [0.2, 0.25) is 17.6 Å². The van der Waals surface area contributed by atoms with Crippen LogP contribution in [-0.2, 0) is 30.5 Å². The van der Waals surface area contributed by atoms with Crippen molar-refractivity contribution in [2.75, 3.05) is 32.9 Å². The molecular weight excluding hydrogens is 669 g/mol. The highest BCUT2D eigenvalue weighted by Crippen LogP contribution is 2.66. The fourth-order valence-corrected chi connectivity index (χ4v) is 9.42. The van der Waals surface area contributed by atoms with Gasteiger partial charge >= 0.3 is 6.03 Å². The summed E-state index contributed by atoms with van der Waals surface area (Å²) in [6.07, 6.45) is 13.9. The van der Waals surface area contributed by atoms with Gasteiger partial charge in [0.25, 0.3) is 5.91 Å². The van der Waals surface area contributed by atoms with Crippen LogP contribution in [0.25, 0.3) is 0 Å². The van der Waals surface area contributed by atoms with Crippen LogP contribution in [0.5, 0.6) is 0 Å². The van der Waals surface area contributed by atoms with E-state index in [0.717, 1.165) is 70.6 Å². The molecule has 1 aliphatic heterocycles. The number of nitrogens with one attached hydrogen (secondary N) is 4. The number of likely N-dealkylation sites (tertiary alicyclic amines) is 1. The topological polar surface area (TPSA) is 163 Å². The minimum Gasteiger partial charge on any atom is -0.598 e. The number of hydrogen-bond donors (Lipinski definition) is 4. The maximum Gasteiger partial charge on any atom is 0.315 e. The summed E-state index contributed by atoms with van der Waals surface area (Å²) < 4.78 is 13.9. The molecule has 0 aromatic carbocycles. The number of ketones is 1. The van der Waals surface area contributed by atoms with Gasteiger partial charge in [-0.25, -0.2) is 4.79 Å². The lowest BCUT2D eigenvalue weighted by Gasteiger charge is -2.43.